The highest BCUT2D eigenvalue weighted by Gasteiger charge is 2.31. The van der Waals surface area contributed by atoms with E-state index in [1.807, 2.05) is 24.3 Å². The third-order valence-corrected chi connectivity index (χ3v) is 4.08. The van der Waals surface area contributed by atoms with Gasteiger partial charge in [-0.2, -0.15) is 0 Å². The Bertz CT molecular complexity index is 676. The van der Waals surface area contributed by atoms with Gasteiger partial charge in [0.2, 0.25) is 5.78 Å². The Balaban J connectivity index is 1.74. The number of rotatable bonds is 1. The van der Waals surface area contributed by atoms with E-state index >= 15 is 0 Å². The van der Waals surface area contributed by atoms with Gasteiger partial charge in [0.15, 0.2) is 0 Å². The van der Waals surface area contributed by atoms with Crippen molar-refractivity contribution in [2.75, 3.05) is 26.3 Å². The summed E-state index contributed by atoms with van der Waals surface area (Å²) in [5, 5.41) is 0. The van der Waals surface area contributed by atoms with Crippen molar-refractivity contribution in [3.63, 3.8) is 0 Å². The van der Waals surface area contributed by atoms with Crippen LogP contribution in [0.15, 0.2) is 47.7 Å². The SMILES string of the molecule is O=C1C2=Cc3ccccc3C2=CC=C1N1CCOCC1. The number of nitrogens with zero attached hydrogens (tertiary/aromatic N) is 1. The van der Waals surface area contributed by atoms with Crippen molar-refractivity contribution in [3.8, 4) is 0 Å². The van der Waals surface area contributed by atoms with E-state index in [4.69, 9.17) is 4.74 Å². The zero-order valence-electron chi connectivity index (χ0n) is 11.1. The first-order valence-corrected chi connectivity index (χ1v) is 6.95. The predicted molar refractivity (Wildman–Crippen MR) is 77.9 cm³/mol. The Hall–Kier alpha value is -2.13. The molecule has 0 spiro atoms. The number of ketones is 1. The van der Waals surface area contributed by atoms with Crippen LogP contribution in [0.1, 0.15) is 11.1 Å². The van der Waals surface area contributed by atoms with E-state index in [0.29, 0.717) is 13.2 Å². The zero-order valence-corrected chi connectivity index (χ0v) is 11.1. The summed E-state index contributed by atoms with van der Waals surface area (Å²) >= 11 is 0. The van der Waals surface area contributed by atoms with Crippen LogP contribution in [-0.2, 0) is 9.53 Å². The fourth-order valence-electron chi connectivity index (χ4n) is 3.04. The number of morpholine rings is 1. The highest BCUT2D eigenvalue weighted by atomic mass is 16.5. The van der Waals surface area contributed by atoms with Gasteiger partial charge in [-0.05, 0) is 28.9 Å². The number of Topliss-reactive ketones (excluding diaryl/α,β-unsaturated/α-hetero) is 1. The number of allylic oxidation sites excluding steroid dienone is 4. The lowest BCUT2D eigenvalue weighted by Gasteiger charge is -2.31. The molecular formula is C17H15NO2. The number of carbonyl (C=O) groups is 1. The van der Waals surface area contributed by atoms with Gasteiger partial charge < -0.3 is 9.64 Å². The van der Waals surface area contributed by atoms with Gasteiger partial charge in [-0.1, -0.05) is 30.3 Å². The highest BCUT2D eigenvalue weighted by molar-refractivity contribution is 6.25. The summed E-state index contributed by atoms with van der Waals surface area (Å²) in [4.78, 5) is 14.8. The van der Waals surface area contributed by atoms with E-state index in [2.05, 4.69) is 23.1 Å². The minimum Gasteiger partial charge on any atom is -0.378 e. The zero-order chi connectivity index (χ0) is 13.5. The van der Waals surface area contributed by atoms with E-state index in [1.54, 1.807) is 0 Å². The average Bonchev–Trinajstić information content (AvgIpc) is 2.88. The van der Waals surface area contributed by atoms with Gasteiger partial charge in [-0.25, -0.2) is 0 Å². The maximum atomic E-state index is 12.7. The molecular weight excluding hydrogens is 250 g/mol. The highest BCUT2D eigenvalue weighted by Crippen LogP contribution is 2.39. The number of benzene rings is 1. The first-order chi connectivity index (χ1) is 9.84. The van der Waals surface area contributed by atoms with Crippen molar-refractivity contribution in [2.24, 2.45) is 0 Å². The molecule has 0 aromatic heterocycles. The molecule has 1 heterocycles. The van der Waals surface area contributed by atoms with Crippen molar-refractivity contribution < 1.29 is 9.53 Å². The van der Waals surface area contributed by atoms with Crippen molar-refractivity contribution >= 4 is 17.4 Å². The molecule has 100 valence electrons. The summed E-state index contributed by atoms with van der Waals surface area (Å²) in [5.41, 5.74) is 4.99. The van der Waals surface area contributed by atoms with Gasteiger partial charge in [0.05, 0.1) is 18.9 Å². The predicted octanol–water partition coefficient (Wildman–Crippen LogP) is 2.27. The summed E-state index contributed by atoms with van der Waals surface area (Å²) in [7, 11) is 0. The van der Waals surface area contributed by atoms with Crippen LogP contribution in [0, 0.1) is 0 Å². The molecule has 0 unspecified atom stereocenters. The molecule has 0 saturated carbocycles. The largest absolute Gasteiger partial charge is 0.378 e. The second-order valence-corrected chi connectivity index (χ2v) is 5.21. The normalized spacial score (nSPS) is 20.9. The van der Waals surface area contributed by atoms with Crippen LogP contribution in [-0.4, -0.2) is 37.0 Å². The fourth-order valence-corrected chi connectivity index (χ4v) is 3.04. The molecule has 4 rings (SSSR count). The molecule has 1 aromatic carbocycles. The molecule has 1 aliphatic heterocycles. The quantitative estimate of drug-likeness (QED) is 0.780. The Morgan fingerprint density at radius 2 is 1.80 bits per heavy atom. The molecule has 1 saturated heterocycles. The lowest BCUT2D eigenvalue weighted by molar-refractivity contribution is -0.113. The smallest absolute Gasteiger partial charge is 0.209 e. The Morgan fingerprint density at radius 1 is 1.00 bits per heavy atom. The first-order valence-electron chi connectivity index (χ1n) is 6.95. The number of ether oxygens (including phenoxy) is 1. The number of hydrogen-bond donors (Lipinski definition) is 0. The van der Waals surface area contributed by atoms with Gasteiger partial charge in [0.25, 0.3) is 0 Å². The van der Waals surface area contributed by atoms with E-state index in [9.17, 15) is 4.79 Å². The molecule has 0 N–H and O–H groups in total. The van der Waals surface area contributed by atoms with Crippen molar-refractivity contribution in [2.45, 2.75) is 0 Å². The van der Waals surface area contributed by atoms with Crippen LogP contribution in [0.4, 0.5) is 0 Å². The lowest BCUT2D eigenvalue weighted by Crippen LogP contribution is -2.38. The van der Waals surface area contributed by atoms with E-state index in [0.717, 1.165) is 41.1 Å². The average molecular weight is 265 g/mol. The van der Waals surface area contributed by atoms with Gasteiger partial charge in [-0.15, -0.1) is 0 Å². The fraction of sp³-hybridized carbons (Fsp3) is 0.235. The third-order valence-electron chi connectivity index (χ3n) is 4.08. The maximum Gasteiger partial charge on any atom is 0.209 e. The van der Waals surface area contributed by atoms with Crippen LogP contribution in [0.3, 0.4) is 0 Å². The number of hydrogen-bond acceptors (Lipinski definition) is 3. The summed E-state index contributed by atoms with van der Waals surface area (Å²) in [6, 6.07) is 8.16. The molecule has 0 bridgehead atoms. The molecule has 0 radical (unpaired) electrons. The van der Waals surface area contributed by atoms with Crippen molar-refractivity contribution in [3.05, 3.63) is 58.8 Å². The monoisotopic (exact) mass is 265 g/mol. The summed E-state index contributed by atoms with van der Waals surface area (Å²) in [6.07, 6.45) is 6.04. The molecule has 3 heteroatoms. The Labute approximate surface area is 117 Å². The van der Waals surface area contributed by atoms with E-state index in [1.165, 1.54) is 0 Å². The number of carbonyl (C=O) groups excluding carboxylic acids is 1. The Morgan fingerprint density at radius 3 is 2.65 bits per heavy atom. The number of fused-ring (bicyclic) bond motifs is 3. The molecule has 20 heavy (non-hydrogen) atoms. The van der Waals surface area contributed by atoms with Crippen LogP contribution >= 0.6 is 0 Å². The molecule has 3 aliphatic rings. The second kappa shape index (κ2) is 4.46. The summed E-state index contributed by atoms with van der Waals surface area (Å²) in [5.74, 6) is 0.139. The standard InChI is InChI=1S/C17H15NO2/c19-17-15-11-12-3-1-2-4-13(12)14(15)5-6-16(17)18-7-9-20-10-8-18/h1-6,11H,7-10H2. The molecule has 0 atom stereocenters. The van der Waals surface area contributed by atoms with E-state index in [-0.39, 0.29) is 5.78 Å². The lowest BCUT2D eigenvalue weighted by atomic mass is 9.93. The van der Waals surface area contributed by atoms with Gasteiger partial charge >= 0.3 is 0 Å². The minimum atomic E-state index is 0.139. The minimum absolute atomic E-state index is 0.139. The first kappa shape index (κ1) is 11.7. The van der Waals surface area contributed by atoms with Crippen molar-refractivity contribution in [1.29, 1.82) is 0 Å². The van der Waals surface area contributed by atoms with Crippen molar-refractivity contribution in [1.82, 2.24) is 4.90 Å². The molecule has 1 fully saturated rings. The van der Waals surface area contributed by atoms with Crippen LogP contribution in [0.2, 0.25) is 0 Å². The molecule has 0 amide bonds. The summed E-state index contributed by atoms with van der Waals surface area (Å²) in [6.45, 7) is 2.98. The van der Waals surface area contributed by atoms with Crippen LogP contribution < -0.4 is 0 Å². The van der Waals surface area contributed by atoms with Gasteiger partial charge in [0.1, 0.15) is 0 Å². The maximum absolute atomic E-state index is 12.7. The Kier molecular flexibility index (Phi) is 2.60. The molecule has 1 aromatic rings. The molecule has 3 nitrogen and oxygen atoms in total. The summed E-state index contributed by atoms with van der Waals surface area (Å²) < 4.78 is 5.35. The van der Waals surface area contributed by atoms with E-state index < -0.39 is 0 Å². The van der Waals surface area contributed by atoms with Crippen LogP contribution in [0.5, 0.6) is 0 Å². The van der Waals surface area contributed by atoms with Crippen LogP contribution in [0.25, 0.3) is 11.6 Å². The second-order valence-electron chi connectivity index (χ2n) is 5.21. The topological polar surface area (TPSA) is 29.5 Å². The van der Waals surface area contributed by atoms with Gasteiger partial charge in [-0.3, -0.25) is 4.79 Å². The van der Waals surface area contributed by atoms with Gasteiger partial charge in [0, 0.05) is 18.7 Å². The molecule has 2 aliphatic carbocycles. The third kappa shape index (κ3) is 1.67.